The third-order valence-corrected chi connectivity index (χ3v) is 4.05. The zero-order valence-corrected chi connectivity index (χ0v) is 16.1. The highest BCUT2D eigenvalue weighted by atomic mass is 14.8. The highest BCUT2D eigenvalue weighted by Gasteiger charge is 2.01. The summed E-state index contributed by atoms with van der Waals surface area (Å²) < 4.78 is 0. The van der Waals surface area contributed by atoms with Crippen LogP contribution in [0.3, 0.4) is 0 Å². The van der Waals surface area contributed by atoms with Gasteiger partial charge in [-0.3, -0.25) is 15.0 Å². The minimum atomic E-state index is 0.546. The summed E-state index contributed by atoms with van der Waals surface area (Å²) in [6.45, 7) is 13.1. The van der Waals surface area contributed by atoms with Gasteiger partial charge in [0.2, 0.25) is 0 Å². The minimum absolute atomic E-state index is 0.546. The van der Waals surface area contributed by atoms with E-state index in [0.717, 1.165) is 11.4 Å². The Balaban J connectivity index is 1.97. The lowest BCUT2D eigenvalue weighted by molar-refractivity contribution is 1.27. The number of benzene rings is 2. The first-order valence-electron chi connectivity index (χ1n) is 8.59. The van der Waals surface area contributed by atoms with E-state index in [1.807, 2.05) is 6.21 Å². The van der Waals surface area contributed by atoms with Gasteiger partial charge in [-0.25, -0.2) is 0 Å². The van der Waals surface area contributed by atoms with Crippen LogP contribution in [0.4, 0.5) is 11.4 Å². The Kier molecular flexibility index (Phi) is 6.40. The first kappa shape index (κ1) is 18.8. The molecule has 0 N–H and O–H groups in total. The molecule has 2 aromatic rings. The second-order valence-electron chi connectivity index (χ2n) is 6.60. The molecule has 0 unspecified atom stereocenters. The largest absolute Gasteiger partial charge is 0.286 e. The van der Waals surface area contributed by atoms with Crippen LogP contribution in [0.1, 0.15) is 33.4 Å². The maximum absolute atomic E-state index is 4.56. The van der Waals surface area contributed by atoms with E-state index < -0.39 is 0 Å². The highest BCUT2D eigenvalue weighted by molar-refractivity contribution is 6.17. The molecule has 0 saturated heterocycles. The Morgan fingerprint density at radius 2 is 1.08 bits per heavy atom. The summed E-state index contributed by atoms with van der Waals surface area (Å²) in [4.78, 5) is 13.4. The lowest BCUT2D eigenvalue weighted by Gasteiger charge is -2.05. The minimum Gasteiger partial charge on any atom is -0.286 e. The predicted octanol–water partition coefficient (Wildman–Crippen LogP) is 5.71. The second kappa shape index (κ2) is 8.52. The second-order valence-corrected chi connectivity index (χ2v) is 6.60. The van der Waals surface area contributed by atoms with Crippen LogP contribution in [-0.4, -0.2) is 25.2 Å². The van der Waals surface area contributed by atoms with E-state index in [1.165, 1.54) is 33.4 Å². The first-order valence-corrected chi connectivity index (χ1v) is 8.59. The van der Waals surface area contributed by atoms with Crippen molar-refractivity contribution in [2.45, 2.75) is 41.5 Å². The maximum atomic E-state index is 4.56. The number of aryl methyl sites for hydroxylation is 6. The van der Waals surface area contributed by atoms with E-state index in [-0.39, 0.29) is 0 Å². The molecule has 0 aliphatic carbocycles. The number of hydrogen-bond acceptors (Lipinski definition) is 3. The molecule has 0 amide bonds. The van der Waals surface area contributed by atoms with Crippen molar-refractivity contribution < 1.29 is 0 Å². The fourth-order valence-corrected chi connectivity index (χ4v) is 3.15. The van der Waals surface area contributed by atoms with E-state index in [0.29, 0.717) is 6.54 Å². The summed E-state index contributed by atoms with van der Waals surface area (Å²) in [5.74, 6) is 0. The summed E-state index contributed by atoms with van der Waals surface area (Å²) in [6, 6.07) is 8.61. The van der Waals surface area contributed by atoms with Crippen LogP contribution < -0.4 is 0 Å². The van der Waals surface area contributed by atoms with E-state index in [2.05, 4.69) is 80.8 Å². The van der Waals surface area contributed by atoms with Gasteiger partial charge < -0.3 is 0 Å². The Labute approximate surface area is 151 Å². The molecule has 0 atom stereocenters. The van der Waals surface area contributed by atoms with Crippen LogP contribution in [0.2, 0.25) is 0 Å². The molecule has 3 heteroatoms. The molecule has 2 aromatic carbocycles. The molecule has 0 fully saturated rings. The molecule has 130 valence electrons. The number of hydrogen-bond donors (Lipinski definition) is 0. The number of aliphatic imine (C=N–C) groups is 3. The monoisotopic (exact) mass is 333 g/mol. The quantitative estimate of drug-likeness (QED) is 0.628. The Bertz CT molecular complexity index is 796. The Morgan fingerprint density at radius 3 is 1.56 bits per heavy atom. The van der Waals surface area contributed by atoms with Crippen molar-refractivity contribution >= 4 is 30.0 Å². The molecule has 0 radical (unpaired) electrons. The molecular weight excluding hydrogens is 306 g/mol. The van der Waals surface area contributed by atoms with Crippen LogP contribution in [0.15, 0.2) is 39.2 Å². The van der Waals surface area contributed by atoms with Gasteiger partial charge in [0.05, 0.1) is 17.9 Å². The molecule has 0 heterocycles. The van der Waals surface area contributed by atoms with E-state index in [4.69, 9.17) is 0 Å². The van der Waals surface area contributed by atoms with Gasteiger partial charge in [-0.05, 0) is 63.8 Å². The van der Waals surface area contributed by atoms with Gasteiger partial charge in [-0.1, -0.05) is 35.4 Å². The Morgan fingerprint density at radius 1 is 0.640 bits per heavy atom. The number of rotatable bonds is 5. The smallest absolute Gasteiger partial charge is 0.0743 e. The molecule has 0 bridgehead atoms. The van der Waals surface area contributed by atoms with Gasteiger partial charge in [-0.15, -0.1) is 0 Å². The van der Waals surface area contributed by atoms with Crippen molar-refractivity contribution in [2.75, 3.05) is 6.54 Å². The van der Waals surface area contributed by atoms with Gasteiger partial charge in [0.1, 0.15) is 0 Å². The fraction of sp³-hybridized carbons (Fsp3) is 0.318. The first-order chi connectivity index (χ1) is 11.9. The zero-order chi connectivity index (χ0) is 18.4. The van der Waals surface area contributed by atoms with Crippen LogP contribution in [0, 0.1) is 41.5 Å². The van der Waals surface area contributed by atoms with Crippen LogP contribution in [-0.2, 0) is 0 Å². The summed E-state index contributed by atoms with van der Waals surface area (Å²) in [6.07, 6.45) is 5.33. The predicted molar refractivity (Wildman–Crippen MR) is 111 cm³/mol. The highest BCUT2D eigenvalue weighted by Crippen LogP contribution is 2.25. The van der Waals surface area contributed by atoms with Crippen LogP contribution >= 0.6 is 0 Å². The van der Waals surface area contributed by atoms with Gasteiger partial charge >= 0.3 is 0 Å². The average molecular weight is 333 g/mol. The SMILES string of the molecule is Cc1cc(C)c(N=CC=NCC=Nc2c(C)cc(C)cc2C)c(C)c1. The topological polar surface area (TPSA) is 37.1 Å². The molecule has 2 rings (SSSR count). The molecular formula is C22H27N3. The molecule has 3 nitrogen and oxygen atoms in total. The lowest BCUT2D eigenvalue weighted by Crippen LogP contribution is -1.88. The summed E-state index contributed by atoms with van der Waals surface area (Å²) in [5.41, 5.74) is 9.37. The maximum Gasteiger partial charge on any atom is 0.0743 e. The molecule has 0 aliphatic rings. The average Bonchev–Trinajstić information content (AvgIpc) is 2.50. The van der Waals surface area contributed by atoms with Crippen molar-refractivity contribution in [1.29, 1.82) is 0 Å². The zero-order valence-electron chi connectivity index (χ0n) is 16.1. The van der Waals surface area contributed by atoms with Gasteiger partial charge in [0.25, 0.3) is 0 Å². The molecule has 0 saturated carbocycles. The van der Waals surface area contributed by atoms with E-state index >= 15 is 0 Å². The third kappa shape index (κ3) is 5.21. The van der Waals surface area contributed by atoms with E-state index in [9.17, 15) is 0 Å². The van der Waals surface area contributed by atoms with E-state index in [1.54, 1.807) is 12.4 Å². The molecule has 0 aliphatic heterocycles. The van der Waals surface area contributed by atoms with Gasteiger partial charge in [-0.2, -0.15) is 0 Å². The summed E-state index contributed by atoms with van der Waals surface area (Å²) >= 11 is 0. The molecule has 25 heavy (non-hydrogen) atoms. The standard InChI is InChI=1S/C22H27N3/c1-15-11-17(3)21(18(4)12-15)24-9-7-23-8-10-25-22-19(5)13-16(2)14-20(22)6/h7,9-14H,8H2,1-6H3. The van der Waals surface area contributed by atoms with Crippen molar-refractivity contribution in [1.82, 2.24) is 0 Å². The van der Waals surface area contributed by atoms with Gasteiger partial charge in [0.15, 0.2) is 0 Å². The fourth-order valence-electron chi connectivity index (χ4n) is 3.15. The van der Waals surface area contributed by atoms with Crippen molar-refractivity contribution in [3.8, 4) is 0 Å². The van der Waals surface area contributed by atoms with Crippen molar-refractivity contribution in [2.24, 2.45) is 15.0 Å². The number of nitrogens with zero attached hydrogens (tertiary/aromatic N) is 3. The normalized spacial score (nSPS) is 12.1. The summed E-state index contributed by atoms with van der Waals surface area (Å²) in [5, 5.41) is 0. The summed E-state index contributed by atoms with van der Waals surface area (Å²) in [7, 11) is 0. The van der Waals surface area contributed by atoms with Gasteiger partial charge in [0, 0.05) is 18.6 Å². The van der Waals surface area contributed by atoms with Crippen molar-refractivity contribution in [3.05, 3.63) is 57.6 Å². The lowest BCUT2D eigenvalue weighted by atomic mass is 10.1. The van der Waals surface area contributed by atoms with Crippen LogP contribution in [0.5, 0.6) is 0 Å². The Hall–Kier alpha value is -2.55. The van der Waals surface area contributed by atoms with Crippen LogP contribution in [0.25, 0.3) is 0 Å². The molecule has 0 spiro atoms. The molecule has 0 aromatic heterocycles. The third-order valence-electron chi connectivity index (χ3n) is 4.05. The van der Waals surface area contributed by atoms with Crippen molar-refractivity contribution in [3.63, 3.8) is 0 Å².